The minimum absolute atomic E-state index is 0.0474. The van der Waals surface area contributed by atoms with E-state index in [1.54, 1.807) is 0 Å². The second kappa shape index (κ2) is 6.19. The van der Waals surface area contributed by atoms with Gasteiger partial charge in [-0.15, -0.1) is 0 Å². The highest BCUT2D eigenvalue weighted by molar-refractivity contribution is 4.86. The quantitative estimate of drug-likeness (QED) is 0.815. The molecule has 3 unspecified atom stereocenters. The van der Waals surface area contributed by atoms with E-state index in [9.17, 15) is 5.11 Å². The highest BCUT2D eigenvalue weighted by atomic mass is 16.3. The SMILES string of the molecule is CCC1CCC(O)CC1N(C)CC1CCCC1. The number of nitrogens with zero attached hydrogens (tertiary/aromatic N) is 1. The fourth-order valence-corrected chi connectivity index (χ4v) is 3.94. The van der Waals surface area contributed by atoms with Gasteiger partial charge in [-0.25, -0.2) is 0 Å². The molecule has 2 fully saturated rings. The van der Waals surface area contributed by atoms with Gasteiger partial charge < -0.3 is 10.0 Å². The Bertz CT molecular complexity index is 225. The summed E-state index contributed by atoms with van der Waals surface area (Å²) in [5, 5.41) is 9.88. The van der Waals surface area contributed by atoms with E-state index in [4.69, 9.17) is 0 Å². The van der Waals surface area contributed by atoms with Crippen molar-refractivity contribution in [2.24, 2.45) is 11.8 Å². The summed E-state index contributed by atoms with van der Waals surface area (Å²) in [6, 6.07) is 0.629. The van der Waals surface area contributed by atoms with Crippen LogP contribution in [0.4, 0.5) is 0 Å². The molecule has 0 aliphatic heterocycles. The lowest BCUT2D eigenvalue weighted by atomic mass is 9.80. The maximum atomic E-state index is 9.88. The van der Waals surface area contributed by atoms with E-state index in [0.717, 1.165) is 24.7 Å². The molecular formula is C15H29NO. The molecule has 17 heavy (non-hydrogen) atoms. The number of aliphatic hydroxyl groups is 1. The molecule has 0 radical (unpaired) electrons. The van der Waals surface area contributed by atoms with Gasteiger partial charge in [0.1, 0.15) is 0 Å². The molecule has 2 nitrogen and oxygen atoms in total. The second-order valence-corrected chi connectivity index (χ2v) is 6.29. The van der Waals surface area contributed by atoms with Crippen molar-refractivity contribution < 1.29 is 5.11 Å². The first-order valence-electron chi connectivity index (χ1n) is 7.59. The molecule has 0 aromatic heterocycles. The Morgan fingerprint density at radius 1 is 1.12 bits per heavy atom. The van der Waals surface area contributed by atoms with Crippen LogP contribution in [0, 0.1) is 11.8 Å². The molecule has 1 N–H and O–H groups in total. The van der Waals surface area contributed by atoms with Crippen molar-refractivity contribution in [1.82, 2.24) is 4.90 Å². The topological polar surface area (TPSA) is 23.5 Å². The van der Waals surface area contributed by atoms with Crippen molar-refractivity contribution in [2.75, 3.05) is 13.6 Å². The van der Waals surface area contributed by atoms with E-state index in [2.05, 4.69) is 18.9 Å². The van der Waals surface area contributed by atoms with Gasteiger partial charge in [0.25, 0.3) is 0 Å². The van der Waals surface area contributed by atoms with Crippen LogP contribution in [-0.2, 0) is 0 Å². The Labute approximate surface area is 106 Å². The first kappa shape index (κ1) is 13.4. The lowest BCUT2D eigenvalue weighted by molar-refractivity contribution is 0.0309. The van der Waals surface area contributed by atoms with Crippen molar-refractivity contribution in [1.29, 1.82) is 0 Å². The van der Waals surface area contributed by atoms with Gasteiger partial charge in [0.05, 0.1) is 6.10 Å². The van der Waals surface area contributed by atoms with Crippen molar-refractivity contribution in [3.05, 3.63) is 0 Å². The summed E-state index contributed by atoms with van der Waals surface area (Å²) >= 11 is 0. The van der Waals surface area contributed by atoms with E-state index >= 15 is 0 Å². The number of hydrogen-bond donors (Lipinski definition) is 1. The van der Waals surface area contributed by atoms with Crippen molar-refractivity contribution in [2.45, 2.75) is 70.4 Å². The van der Waals surface area contributed by atoms with Crippen molar-refractivity contribution >= 4 is 0 Å². The Morgan fingerprint density at radius 3 is 2.47 bits per heavy atom. The number of hydrogen-bond acceptors (Lipinski definition) is 2. The monoisotopic (exact) mass is 239 g/mol. The number of aliphatic hydroxyl groups excluding tert-OH is 1. The van der Waals surface area contributed by atoms with E-state index < -0.39 is 0 Å². The summed E-state index contributed by atoms with van der Waals surface area (Å²) < 4.78 is 0. The fourth-order valence-electron chi connectivity index (χ4n) is 3.94. The molecule has 0 bridgehead atoms. The molecule has 2 saturated carbocycles. The summed E-state index contributed by atoms with van der Waals surface area (Å²) in [6.07, 6.45) is 10.2. The summed E-state index contributed by atoms with van der Waals surface area (Å²) in [4.78, 5) is 2.56. The van der Waals surface area contributed by atoms with Crippen LogP contribution in [0.3, 0.4) is 0 Å². The lowest BCUT2D eigenvalue weighted by Gasteiger charge is -2.40. The van der Waals surface area contributed by atoms with E-state index in [0.29, 0.717) is 6.04 Å². The molecule has 2 aliphatic carbocycles. The molecular weight excluding hydrogens is 210 g/mol. The van der Waals surface area contributed by atoms with Gasteiger partial charge in [-0.2, -0.15) is 0 Å². The van der Waals surface area contributed by atoms with Crippen LogP contribution in [-0.4, -0.2) is 35.7 Å². The van der Waals surface area contributed by atoms with Crippen LogP contribution in [0.5, 0.6) is 0 Å². The predicted molar refractivity (Wildman–Crippen MR) is 72.0 cm³/mol. The average molecular weight is 239 g/mol. The maximum absolute atomic E-state index is 9.88. The van der Waals surface area contributed by atoms with Crippen LogP contribution < -0.4 is 0 Å². The average Bonchev–Trinajstić information content (AvgIpc) is 2.81. The summed E-state index contributed by atoms with van der Waals surface area (Å²) in [5.41, 5.74) is 0. The van der Waals surface area contributed by atoms with Gasteiger partial charge in [-0.05, 0) is 51.0 Å². The first-order valence-corrected chi connectivity index (χ1v) is 7.59. The predicted octanol–water partition coefficient (Wildman–Crippen LogP) is 3.05. The summed E-state index contributed by atoms with van der Waals surface area (Å²) in [7, 11) is 2.28. The third-order valence-corrected chi connectivity index (χ3v) is 5.04. The minimum atomic E-state index is -0.0474. The molecule has 0 aromatic rings. The molecule has 3 atom stereocenters. The maximum Gasteiger partial charge on any atom is 0.0555 e. The summed E-state index contributed by atoms with van der Waals surface area (Å²) in [6.45, 7) is 3.56. The molecule has 2 heteroatoms. The third kappa shape index (κ3) is 3.45. The van der Waals surface area contributed by atoms with Crippen molar-refractivity contribution in [3.8, 4) is 0 Å². The van der Waals surface area contributed by atoms with Gasteiger partial charge in [-0.3, -0.25) is 0 Å². The lowest BCUT2D eigenvalue weighted by Crippen LogP contribution is -2.45. The Kier molecular flexibility index (Phi) is 4.87. The minimum Gasteiger partial charge on any atom is -0.393 e. The first-order chi connectivity index (χ1) is 8.20. The molecule has 0 aromatic carbocycles. The largest absolute Gasteiger partial charge is 0.393 e. The molecule has 100 valence electrons. The van der Waals surface area contributed by atoms with Gasteiger partial charge in [0.15, 0.2) is 0 Å². The van der Waals surface area contributed by atoms with Crippen LogP contribution >= 0.6 is 0 Å². The molecule has 0 heterocycles. The van der Waals surface area contributed by atoms with Crippen LogP contribution in [0.1, 0.15) is 58.3 Å². The van der Waals surface area contributed by atoms with Crippen molar-refractivity contribution in [3.63, 3.8) is 0 Å². The Balaban J connectivity index is 1.87. The third-order valence-electron chi connectivity index (χ3n) is 5.04. The standard InChI is InChI=1S/C15H29NO/c1-3-13-8-9-14(17)10-15(13)16(2)11-12-6-4-5-7-12/h12-15,17H,3-11H2,1-2H3. The molecule has 0 amide bonds. The van der Waals surface area contributed by atoms with Crippen LogP contribution in [0.15, 0.2) is 0 Å². The molecule has 2 aliphatic rings. The van der Waals surface area contributed by atoms with Crippen LogP contribution in [0.25, 0.3) is 0 Å². The van der Waals surface area contributed by atoms with Gasteiger partial charge in [0, 0.05) is 12.6 Å². The number of rotatable bonds is 4. The second-order valence-electron chi connectivity index (χ2n) is 6.29. The Morgan fingerprint density at radius 2 is 1.82 bits per heavy atom. The smallest absolute Gasteiger partial charge is 0.0555 e. The highest BCUT2D eigenvalue weighted by Crippen LogP contribution is 2.32. The van der Waals surface area contributed by atoms with Gasteiger partial charge in [-0.1, -0.05) is 26.2 Å². The summed E-state index contributed by atoms with van der Waals surface area (Å²) in [5.74, 6) is 1.74. The van der Waals surface area contributed by atoms with Gasteiger partial charge >= 0.3 is 0 Å². The van der Waals surface area contributed by atoms with E-state index in [1.807, 2.05) is 0 Å². The molecule has 0 spiro atoms. The zero-order valence-corrected chi connectivity index (χ0v) is 11.6. The van der Waals surface area contributed by atoms with E-state index in [-0.39, 0.29) is 6.10 Å². The zero-order chi connectivity index (χ0) is 12.3. The Hall–Kier alpha value is -0.0800. The van der Waals surface area contributed by atoms with E-state index in [1.165, 1.54) is 45.1 Å². The van der Waals surface area contributed by atoms with Crippen LogP contribution in [0.2, 0.25) is 0 Å². The fraction of sp³-hybridized carbons (Fsp3) is 1.00. The normalized spacial score (nSPS) is 35.6. The highest BCUT2D eigenvalue weighted by Gasteiger charge is 2.32. The van der Waals surface area contributed by atoms with Gasteiger partial charge in [0.2, 0.25) is 0 Å². The zero-order valence-electron chi connectivity index (χ0n) is 11.6. The molecule has 0 saturated heterocycles. The molecule has 2 rings (SSSR count).